The average Bonchev–Trinajstić information content (AvgIpc) is 2.82. The van der Waals surface area contributed by atoms with Crippen molar-refractivity contribution < 1.29 is 14.3 Å². The average molecular weight is 301 g/mol. The third-order valence-corrected chi connectivity index (χ3v) is 3.64. The van der Waals surface area contributed by atoms with E-state index in [1.807, 2.05) is 50.2 Å². The predicted molar refractivity (Wildman–Crippen MR) is 86.6 cm³/mol. The molecular formula is C18H23NO3. The Kier molecular flexibility index (Phi) is 5.78. The van der Waals surface area contributed by atoms with Crippen LogP contribution < -0.4 is 0 Å². The van der Waals surface area contributed by atoms with Gasteiger partial charge in [0.1, 0.15) is 0 Å². The van der Waals surface area contributed by atoms with Crippen LogP contribution in [0.25, 0.3) is 5.69 Å². The van der Waals surface area contributed by atoms with Gasteiger partial charge in [-0.05, 0) is 44.9 Å². The summed E-state index contributed by atoms with van der Waals surface area (Å²) >= 11 is 0. The van der Waals surface area contributed by atoms with Crippen molar-refractivity contribution in [2.75, 3.05) is 20.3 Å². The third-order valence-electron chi connectivity index (χ3n) is 3.64. The third kappa shape index (κ3) is 3.77. The maximum atomic E-state index is 12.2. The van der Waals surface area contributed by atoms with Gasteiger partial charge in [0, 0.05) is 30.8 Å². The molecule has 0 bridgehead atoms. The normalized spacial score (nSPS) is 10.7. The van der Waals surface area contributed by atoms with E-state index in [1.165, 1.54) is 0 Å². The summed E-state index contributed by atoms with van der Waals surface area (Å²) in [6.45, 7) is 5.06. The molecule has 0 radical (unpaired) electrons. The fourth-order valence-electron chi connectivity index (χ4n) is 2.53. The molecule has 1 heterocycles. The number of para-hydroxylation sites is 1. The summed E-state index contributed by atoms with van der Waals surface area (Å²) in [7, 11) is 1.67. The molecule has 118 valence electrons. The number of benzene rings is 1. The van der Waals surface area contributed by atoms with Gasteiger partial charge < -0.3 is 14.0 Å². The Bertz CT molecular complexity index is 617. The number of rotatable bonds is 7. The number of unbranched alkanes of at least 4 members (excludes halogenated alkanes) is 1. The second-order valence-electron chi connectivity index (χ2n) is 5.29. The fourth-order valence-corrected chi connectivity index (χ4v) is 2.53. The van der Waals surface area contributed by atoms with Crippen LogP contribution >= 0.6 is 0 Å². The van der Waals surface area contributed by atoms with Crippen molar-refractivity contribution in [3.05, 3.63) is 53.3 Å². The van der Waals surface area contributed by atoms with Crippen LogP contribution in [0.15, 0.2) is 36.4 Å². The monoisotopic (exact) mass is 301 g/mol. The molecule has 0 unspecified atom stereocenters. The van der Waals surface area contributed by atoms with Gasteiger partial charge >= 0.3 is 5.97 Å². The van der Waals surface area contributed by atoms with Crippen molar-refractivity contribution in [1.82, 2.24) is 4.57 Å². The van der Waals surface area contributed by atoms with E-state index in [4.69, 9.17) is 9.47 Å². The highest BCUT2D eigenvalue weighted by Crippen LogP contribution is 2.21. The summed E-state index contributed by atoms with van der Waals surface area (Å²) in [4.78, 5) is 12.2. The number of carbonyl (C=O) groups is 1. The summed E-state index contributed by atoms with van der Waals surface area (Å²) in [5.41, 5.74) is 3.62. The Morgan fingerprint density at radius 1 is 1.09 bits per heavy atom. The Morgan fingerprint density at radius 3 is 2.45 bits per heavy atom. The molecule has 1 aromatic heterocycles. The minimum Gasteiger partial charge on any atom is -0.462 e. The zero-order valence-corrected chi connectivity index (χ0v) is 13.5. The predicted octanol–water partition coefficient (Wildman–Crippen LogP) is 3.68. The summed E-state index contributed by atoms with van der Waals surface area (Å²) in [5, 5.41) is 0. The molecule has 0 spiro atoms. The van der Waals surface area contributed by atoms with Crippen LogP contribution in [0, 0.1) is 13.8 Å². The van der Waals surface area contributed by atoms with Gasteiger partial charge in [-0.1, -0.05) is 18.2 Å². The molecule has 4 nitrogen and oxygen atoms in total. The quantitative estimate of drug-likeness (QED) is 0.578. The van der Waals surface area contributed by atoms with E-state index < -0.39 is 0 Å². The minimum atomic E-state index is -0.257. The van der Waals surface area contributed by atoms with Gasteiger partial charge in [0.2, 0.25) is 0 Å². The summed E-state index contributed by atoms with van der Waals surface area (Å²) in [6.07, 6.45) is 1.71. The van der Waals surface area contributed by atoms with Gasteiger partial charge in [-0.15, -0.1) is 0 Å². The van der Waals surface area contributed by atoms with Gasteiger partial charge in [-0.2, -0.15) is 0 Å². The number of carbonyl (C=O) groups excluding carboxylic acids is 1. The lowest BCUT2D eigenvalue weighted by Gasteiger charge is -2.09. The van der Waals surface area contributed by atoms with E-state index in [0.717, 1.165) is 29.9 Å². The van der Waals surface area contributed by atoms with Crippen LogP contribution in [0.5, 0.6) is 0 Å². The first-order valence-corrected chi connectivity index (χ1v) is 7.55. The maximum absolute atomic E-state index is 12.2. The molecule has 0 saturated heterocycles. The van der Waals surface area contributed by atoms with Gasteiger partial charge in [0.25, 0.3) is 0 Å². The first kappa shape index (κ1) is 16.3. The Labute approximate surface area is 131 Å². The number of hydrogen-bond acceptors (Lipinski definition) is 3. The minimum absolute atomic E-state index is 0.257. The lowest BCUT2D eigenvalue weighted by atomic mass is 10.2. The molecule has 0 aliphatic carbocycles. The first-order valence-electron chi connectivity index (χ1n) is 7.55. The molecular weight excluding hydrogens is 278 g/mol. The van der Waals surface area contributed by atoms with E-state index in [1.54, 1.807) is 7.11 Å². The molecule has 2 rings (SSSR count). The number of methoxy groups -OCH3 is 1. The highest BCUT2D eigenvalue weighted by molar-refractivity contribution is 5.91. The van der Waals surface area contributed by atoms with Gasteiger partial charge in [-0.25, -0.2) is 4.79 Å². The number of esters is 1. The second-order valence-corrected chi connectivity index (χ2v) is 5.29. The zero-order chi connectivity index (χ0) is 15.9. The highest BCUT2D eigenvalue weighted by Gasteiger charge is 2.17. The molecule has 0 N–H and O–H groups in total. The van der Waals surface area contributed by atoms with E-state index in [2.05, 4.69) is 4.57 Å². The smallest absolute Gasteiger partial charge is 0.339 e. The second kappa shape index (κ2) is 7.80. The van der Waals surface area contributed by atoms with Crippen LogP contribution in [0.4, 0.5) is 0 Å². The highest BCUT2D eigenvalue weighted by atomic mass is 16.5. The molecule has 0 amide bonds. The molecule has 0 aliphatic rings. The number of aromatic nitrogens is 1. The van der Waals surface area contributed by atoms with E-state index >= 15 is 0 Å². The van der Waals surface area contributed by atoms with Crippen molar-refractivity contribution >= 4 is 5.97 Å². The number of aryl methyl sites for hydroxylation is 1. The molecule has 4 heteroatoms. The lowest BCUT2D eigenvalue weighted by molar-refractivity contribution is 0.0488. The summed E-state index contributed by atoms with van der Waals surface area (Å²) in [6, 6.07) is 11.9. The van der Waals surface area contributed by atoms with Crippen LogP contribution in [0.1, 0.15) is 34.6 Å². The zero-order valence-electron chi connectivity index (χ0n) is 13.5. The van der Waals surface area contributed by atoms with E-state index in [9.17, 15) is 4.79 Å². The molecule has 22 heavy (non-hydrogen) atoms. The van der Waals surface area contributed by atoms with E-state index in [-0.39, 0.29) is 5.97 Å². The summed E-state index contributed by atoms with van der Waals surface area (Å²) in [5.74, 6) is -0.257. The molecule has 0 atom stereocenters. The molecule has 1 aromatic carbocycles. The van der Waals surface area contributed by atoms with Crippen LogP contribution in [0.3, 0.4) is 0 Å². The molecule has 2 aromatic rings. The Hall–Kier alpha value is -2.07. The van der Waals surface area contributed by atoms with Crippen LogP contribution in [-0.4, -0.2) is 30.9 Å². The molecule has 0 fully saturated rings. The Balaban J connectivity index is 2.08. The van der Waals surface area contributed by atoms with Gasteiger partial charge in [0.15, 0.2) is 0 Å². The standard InChI is InChI=1S/C18H23NO3/c1-14-13-17(18(20)22-12-8-7-11-21-3)15(2)19(14)16-9-5-4-6-10-16/h4-6,9-10,13H,7-8,11-12H2,1-3H3. The molecule has 0 saturated carbocycles. The summed E-state index contributed by atoms with van der Waals surface area (Å²) < 4.78 is 12.4. The Morgan fingerprint density at radius 2 is 1.77 bits per heavy atom. The SMILES string of the molecule is COCCCCOC(=O)c1cc(C)n(-c2ccccc2)c1C. The van der Waals surface area contributed by atoms with Gasteiger partial charge in [-0.3, -0.25) is 0 Å². The largest absolute Gasteiger partial charge is 0.462 e. The van der Waals surface area contributed by atoms with Crippen molar-refractivity contribution in [2.45, 2.75) is 26.7 Å². The van der Waals surface area contributed by atoms with Crippen molar-refractivity contribution in [3.63, 3.8) is 0 Å². The van der Waals surface area contributed by atoms with Crippen LogP contribution in [-0.2, 0) is 9.47 Å². The van der Waals surface area contributed by atoms with E-state index in [0.29, 0.717) is 18.8 Å². The first-order chi connectivity index (χ1) is 10.6. The van der Waals surface area contributed by atoms with Crippen molar-refractivity contribution in [2.24, 2.45) is 0 Å². The van der Waals surface area contributed by atoms with Gasteiger partial charge in [0.05, 0.1) is 12.2 Å². The number of ether oxygens (including phenoxy) is 2. The van der Waals surface area contributed by atoms with Crippen molar-refractivity contribution in [1.29, 1.82) is 0 Å². The lowest BCUT2D eigenvalue weighted by Crippen LogP contribution is -2.08. The maximum Gasteiger partial charge on any atom is 0.339 e. The van der Waals surface area contributed by atoms with Crippen molar-refractivity contribution in [3.8, 4) is 5.69 Å². The topological polar surface area (TPSA) is 40.5 Å². The number of nitrogens with zero attached hydrogens (tertiary/aromatic N) is 1. The molecule has 0 aliphatic heterocycles. The number of hydrogen-bond donors (Lipinski definition) is 0. The fraction of sp³-hybridized carbons (Fsp3) is 0.389. The van der Waals surface area contributed by atoms with Crippen LogP contribution in [0.2, 0.25) is 0 Å².